The first-order valence-electron chi connectivity index (χ1n) is 2.97. The second-order valence-electron chi connectivity index (χ2n) is 1.60. The van der Waals surface area contributed by atoms with Gasteiger partial charge in [-0.2, -0.15) is 0 Å². The second-order valence-corrected chi connectivity index (χ2v) is 2.18. The molecule has 0 aliphatic rings. The predicted octanol–water partition coefficient (Wildman–Crippen LogP) is -0.786. The quantitative estimate of drug-likeness (QED) is 0.365. The first kappa shape index (κ1) is 9.41. The predicted molar refractivity (Wildman–Crippen MR) is 37.2 cm³/mol. The summed E-state index contributed by atoms with van der Waals surface area (Å²) in [6.07, 6.45) is 0. The average Bonchev–Trinajstić information content (AvgIpc) is 1.89. The molecule has 0 atom stereocenters. The minimum absolute atomic E-state index is 0.668. The van der Waals surface area contributed by atoms with E-state index in [4.69, 9.17) is 13.3 Å². The van der Waals surface area contributed by atoms with E-state index in [1.54, 1.807) is 7.11 Å². The Morgan fingerprint density at radius 2 is 1.78 bits per heavy atom. The van der Waals surface area contributed by atoms with E-state index in [0.29, 0.717) is 19.8 Å². The van der Waals surface area contributed by atoms with Crippen molar-refractivity contribution in [3.63, 3.8) is 0 Å². The van der Waals surface area contributed by atoms with E-state index in [9.17, 15) is 0 Å². The van der Waals surface area contributed by atoms with E-state index in [0.717, 1.165) is 23.2 Å². The molecular formula is C5H13AlO3. The third kappa shape index (κ3) is 8.41. The number of rotatable bonds is 6. The minimum Gasteiger partial charge on any atom is -0.504 e. The lowest BCUT2D eigenvalue weighted by atomic mass is 10.7. The van der Waals surface area contributed by atoms with Crippen LogP contribution in [0.5, 0.6) is 0 Å². The summed E-state index contributed by atoms with van der Waals surface area (Å²) in [6.45, 7) is 2.74. The van der Waals surface area contributed by atoms with E-state index in [2.05, 4.69) is 0 Å². The lowest BCUT2D eigenvalue weighted by molar-refractivity contribution is 0.0558. The highest BCUT2D eigenvalue weighted by Crippen LogP contribution is 1.75. The van der Waals surface area contributed by atoms with Crippen LogP contribution in [0, 0.1) is 0 Å². The summed E-state index contributed by atoms with van der Waals surface area (Å²) < 4.78 is 14.7. The van der Waals surface area contributed by atoms with Gasteiger partial charge in [-0.3, -0.25) is 0 Å². The van der Waals surface area contributed by atoms with Crippen molar-refractivity contribution in [3.8, 4) is 0 Å². The van der Waals surface area contributed by atoms with E-state index in [1.807, 2.05) is 0 Å². The van der Waals surface area contributed by atoms with Crippen LogP contribution in [0.1, 0.15) is 0 Å². The standard InChI is InChI=1S/C5H11O3.Al.2H/c1-7-4-5-8-3-2-6;;;/h2-5H2,1H3;;;/q-1;+1;;. The zero-order valence-corrected chi connectivity index (χ0v) is 8.05. The Balaban J connectivity index is 2.60. The number of ether oxygens (including phenoxy) is 2. The van der Waals surface area contributed by atoms with Crippen LogP contribution in [-0.2, 0) is 13.3 Å². The number of hydrogen-bond donors (Lipinski definition) is 0. The fourth-order valence-electron chi connectivity index (χ4n) is 0.387. The lowest BCUT2D eigenvalue weighted by Crippen LogP contribution is -2.06. The molecule has 3 nitrogen and oxygen atoms in total. The molecule has 0 fully saturated rings. The molecule has 4 heteroatoms. The van der Waals surface area contributed by atoms with Gasteiger partial charge in [-0.1, -0.05) is 0 Å². The van der Waals surface area contributed by atoms with Gasteiger partial charge in [0.05, 0.1) is 19.8 Å². The Kier molecular flexibility index (Phi) is 8.80. The third-order valence-corrected chi connectivity index (χ3v) is 1.27. The summed E-state index contributed by atoms with van der Waals surface area (Å²) in [4.78, 5) is 0. The molecule has 0 saturated carbocycles. The molecule has 0 amide bonds. The topological polar surface area (TPSA) is 27.7 Å². The first-order chi connectivity index (χ1) is 4.41. The van der Waals surface area contributed by atoms with Crippen molar-refractivity contribution in [1.29, 1.82) is 0 Å². The number of methoxy groups -OCH3 is 1. The Bertz CT molecular complexity index is 45.5. The van der Waals surface area contributed by atoms with Gasteiger partial charge in [0, 0.05) is 13.7 Å². The van der Waals surface area contributed by atoms with Crippen molar-refractivity contribution in [2.45, 2.75) is 0 Å². The van der Waals surface area contributed by atoms with Crippen molar-refractivity contribution in [3.05, 3.63) is 0 Å². The Morgan fingerprint density at radius 3 is 2.33 bits per heavy atom. The largest absolute Gasteiger partial charge is 0.504 e. The molecule has 9 heavy (non-hydrogen) atoms. The first-order valence-corrected chi connectivity index (χ1v) is 3.79. The van der Waals surface area contributed by atoms with E-state index < -0.39 is 0 Å². The van der Waals surface area contributed by atoms with Crippen molar-refractivity contribution in [2.24, 2.45) is 0 Å². The van der Waals surface area contributed by atoms with Crippen molar-refractivity contribution >= 4 is 16.6 Å². The summed E-state index contributed by atoms with van der Waals surface area (Å²) in [5.74, 6) is 0. The molecule has 0 aromatic rings. The highest BCUT2D eigenvalue weighted by atomic mass is 27.1. The maximum Gasteiger partial charge on any atom is 0.410 e. The molecule has 0 N–H and O–H groups in total. The van der Waals surface area contributed by atoms with Crippen LogP contribution in [0.25, 0.3) is 0 Å². The van der Waals surface area contributed by atoms with Crippen LogP contribution in [0.3, 0.4) is 0 Å². The van der Waals surface area contributed by atoms with Gasteiger partial charge in [0.2, 0.25) is 0 Å². The molecule has 0 radical (unpaired) electrons. The van der Waals surface area contributed by atoms with Crippen LogP contribution in [0.4, 0.5) is 0 Å². The normalized spacial score (nSPS) is 9.89. The molecule has 0 aliphatic carbocycles. The lowest BCUT2D eigenvalue weighted by Gasteiger charge is -2.01. The van der Waals surface area contributed by atoms with Gasteiger partial charge >= 0.3 is 16.6 Å². The van der Waals surface area contributed by atoms with Crippen molar-refractivity contribution in [1.82, 2.24) is 0 Å². The molecule has 0 heterocycles. The van der Waals surface area contributed by atoms with Gasteiger partial charge in [-0.05, 0) is 0 Å². The SMILES string of the molecule is COCCOCC[O][AlH2]. The highest BCUT2D eigenvalue weighted by Gasteiger charge is 1.84. The van der Waals surface area contributed by atoms with Gasteiger partial charge < -0.3 is 13.3 Å². The molecular weight excluding hydrogens is 135 g/mol. The minimum atomic E-state index is 0.668. The van der Waals surface area contributed by atoms with Gasteiger partial charge in [-0.25, -0.2) is 0 Å². The van der Waals surface area contributed by atoms with Crippen LogP contribution >= 0.6 is 0 Å². The molecule has 0 rings (SSSR count). The molecule has 0 spiro atoms. The Labute approximate surface area is 64.0 Å². The smallest absolute Gasteiger partial charge is 0.410 e. The Morgan fingerprint density at radius 1 is 1.11 bits per heavy atom. The Hall–Kier alpha value is 0.412. The second kappa shape index (κ2) is 8.41. The summed E-state index contributed by atoms with van der Waals surface area (Å²) in [6, 6.07) is 0. The maximum atomic E-state index is 5.09. The van der Waals surface area contributed by atoms with E-state index in [1.165, 1.54) is 0 Å². The third-order valence-electron chi connectivity index (χ3n) is 0.864. The van der Waals surface area contributed by atoms with Crippen molar-refractivity contribution in [2.75, 3.05) is 33.5 Å². The fraction of sp³-hybridized carbons (Fsp3) is 1.00. The summed E-state index contributed by atoms with van der Waals surface area (Å²) >= 11 is 0.797. The van der Waals surface area contributed by atoms with Crippen LogP contribution in [-0.4, -0.2) is 50.2 Å². The molecule has 0 aliphatic heterocycles. The molecule has 0 aromatic carbocycles. The molecule has 0 unspecified atom stereocenters. The molecule has 54 valence electrons. The average molecular weight is 148 g/mol. The molecule has 0 saturated heterocycles. The van der Waals surface area contributed by atoms with E-state index >= 15 is 0 Å². The van der Waals surface area contributed by atoms with Crippen LogP contribution in [0.15, 0.2) is 0 Å². The van der Waals surface area contributed by atoms with Gasteiger partial charge in [0.25, 0.3) is 0 Å². The summed E-state index contributed by atoms with van der Waals surface area (Å²) in [5.41, 5.74) is 0. The highest BCUT2D eigenvalue weighted by molar-refractivity contribution is 5.97. The zero-order chi connectivity index (χ0) is 6.95. The van der Waals surface area contributed by atoms with Crippen LogP contribution in [0.2, 0.25) is 0 Å². The molecule has 0 bridgehead atoms. The van der Waals surface area contributed by atoms with Crippen molar-refractivity contribution < 1.29 is 13.3 Å². The summed E-state index contributed by atoms with van der Waals surface area (Å²) in [5, 5.41) is 0. The van der Waals surface area contributed by atoms with E-state index in [-0.39, 0.29) is 0 Å². The van der Waals surface area contributed by atoms with Gasteiger partial charge in [0.1, 0.15) is 0 Å². The summed E-state index contributed by atoms with van der Waals surface area (Å²) in [7, 11) is 1.66. The zero-order valence-electron chi connectivity index (χ0n) is 6.05. The van der Waals surface area contributed by atoms with Crippen LogP contribution < -0.4 is 0 Å². The van der Waals surface area contributed by atoms with Gasteiger partial charge in [-0.15, -0.1) is 0 Å². The fourth-order valence-corrected chi connectivity index (χ4v) is 0.553. The maximum absolute atomic E-state index is 5.09. The number of hydrogen-bond acceptors (Lipinski definition) is 3. The van der Waals surface area contributed by atoms with Gasteiger partial charge in [0.15, 0.2) is 0 Å². The molecule has 0 aromatic heterocycles. The monoisotopic (exact) mass is 148 g/mol.